The van der Waals surface area contributed by atoms with Crippen molar-refractivity contribution in [2.24, 2.45) is 0 Å². The molecule has 0 aromatic heterocycles. The van der Waals surface area contributed by atoms with Crippen LogP contribution in [0.2, 0.25) is 0 Å². The van der Waals surface area contributed by atoms with E-state index in [1.54, 1.807) is 37.5 Å². The summed E-state index contributed by atoms with van der Waals surface area (Å²) in [7, 11) is 1.65. The molecule has 3 aromatic carbocycles. The number of ketones is 1. The van der Waals surface area contributed by atoms with Gasteiger partial charge in [0, 0.05) is 18.7 Å². The lowest BCUT2D eigenvalue weighted by Crippen LogP contribution is -2.31. The monoisotopic (exact) mass is 417 g/mol. The van der Waals surface area contributed by atoms with Crippen LogP contribution in [0.15, 0.2) is 66.4 Å². The zero-order valence-corrected chi connectivity index (χ0v) is 16.9. The van der Waals surface area contributed by atoms with Gasteiger partial charge in [-0.05, 0) is 42.0 Å². The maximum absolute atomic E-state index is 13.5. The second kappa shape index (κ2) is 7.89. The molecule has 0 saturated carbocycles. The average molecular weight is 417 g/mol. The highest BCUT2D eigenvalue weighted by molar-refractivity contribution is 6.15. The smallest absolute Gasteiger partial charge is 0.231 e. The van der Waals surface area contributed by atoms with Gasteiger partial charge in [0.1, 0.15) is 29.8 Å². The van der Waals surface area contributed by atoms with E-state index in [1.807, 2.05) is 24.3 Å². The predicted molar refractivity (Wildman–Crippen MR) is 114 cm³/mol. The molecule has 31 heavy (non-hydrogen) atoms. The minimum atomic E-state index is -0.366. The van der Waals surface area contributed by atoms with Gasteiger partial charge in [-0.2, -0.15) is 0 Å². The summed E-state index contributed by atoms with van der Waals surface area (Å²) in [6.45, 7) is 1.62. The summed E-state index contributed by atoms with van der Waals surface area (Å²) in [5.74, 6) is 1.62. The number of methoxy groups -OCH3 is 1. The zero-order chi connectivity index (χ0) is 21.4. The van der Waals surface area contributed by atoms with E-state index in [0.29, 0.717) is 42.4 Å². The highest BCUT2D eigenvalue weighted by Crippen LogP contribution is 2.42. The molecule has 0 N–H and O–H groups in total. The van der Waals surface area contributed by atoms with E-state index in [9.17, 15) is 9.18 Å². The molecule has 0 fully saturated rings. The summed E-state index contributed by atoms with van der Waals surface area (Å²) in [5, 5.41) is 0. The van der Waals surface area contributed by atoms with Gasteiger partial charge in [-0.15, -0.1) is 0 Å². The Morgan fingerprint density at radius 2 is 2.00 bits per heavy atom. The normalized spacial score (nSPS) is 16.5. The van der Waals surface area contributed by atoms with Crippen molar-refractivity contribution in [2.45, 2.75) is 13.1 Å². The van der Waals surface area contributed by atoms with Crippen LogP contribution in [0.3, 0.4) is 0 Å². The number of benzene rings is 3. The predicted octanol–water partition coefficient (Wildman–Crippen LogP) is 4.80. The van der Waals surface area contributed by atoms with Crippen LogP contribution in [-0.4, -0.2) is 24.5 Å². The van der Waals surface area contributed by atoms with E-state index in [4.69, 9.17) is 14.2 Å². The number of hydrogen-bond acceptors (Lipinski definition) is 5. The first-order valence-corrected chi connectivity index (χ1v) is 9.95. The lowest BCUT2D eigenvalue weighted by molar-refractivity contribution is 0.0865. The summed E-state index contributed by atoms with van der Waals surface area (Å²) in [6, 6.07) is 17.4. The molecule has 0 atom stereocenters. The van der Waals surface area contributed by atoms with Crippen LogP contribution in [0.1, 0.15) is 27.0 Å². The molecule has 5 nitrogen and oxygen atoms in total. The van der Waals surface area contributed by atoms with Crippen LogP contribution < -0.4 is 14.2 Å². The summed E-state index contributed by atoms with van der Waals surface area (Å²) in [5.41, 5.74) is 2.94. The third kappa shape index (κ3) is 3.66. The van der Waals surface area contributed by atoms with Crippen LogP contribution >= 0.6 is 0 Å². The number of ether oxygens (including phenoxy) is 3. The minimum absolute atomic E-state index is 0.177. The topological polar surface area (TPSA) is 48.0 Å². The first-order chi connectivity index (χ1) is 15.1. The molecule has 0 aliphatic carbocycles. The molecule has 0 bridgehead atoms. The minimum Gasteiger partial charge on any atom is -0.496 e. The molecule has 6 heteroatoms. The summed E-state index contributed by atoms with van der Waals surface area (Å²) in [6.07, 6.45) is 1.56. The van der Waals surface area contributed by atoms with Crippen LogP contribution in [0.4, 0.5) is 4.39 Å². The number of halogens is 1. The number of hydrogen-bond donors (Lipinski definition) is 0. The molecule has 0 radical (unpaired) electrons. The molecule has 156 valence electrons. The SMILES string of the molecule is COc1ccccc1CN1COc2ccc3c(c2C1)O/C(=C\c1cccc(F)c1)C3=O. The van der Waals surface area contributed by atoms with Crippen LogP contribution in [0.5, 0.6) is 17.2 Å². The maximum Gasteiger partial charge on any atom is 0.231 e. The Bertz CT molecular complexity index is 1200. The van der Waals surface area contributed by atoms with Gasteiger partial charge >= 0.3 is 0 Å². The Kier molecular flexibility index (Phi) is 4.92. The maximum atomic E-state index is 13.5. The van der Waals surface area contributed by atoms with Gasteiger partial charge in [0.05, 0.1) is 18.2 Å². The fraction of sp³-hybridized carbons (Fsp3) is 0.160. The number of para-hydroxylation sites is 1. The highest BCUT2D eigenvalue weighted by Gasteiger charge is 2.33. The Hall–Kier alpha value is -3.64. The van der Waals surface area contributed by atoms with E-state index >= 15 is 0 Å². The molecule has 2 aliphatic rings. The number of fused-ring (bicyclic) bond motifs is 3. The van der Waals surface area contributed by atoms with E-state index in [2.05, 4.69) is 4.90 Å². The quantitative estimate of drug-likeness (QED) is 0.571. The van der Waals surface area contributed by atoms with Crippen molar-refractivity contribution in [3.05, 3.63) is 94.5 Å². The van der Waals surface area contributed by atoms with E-state index in [-0.39, 0.29) is 17.4 Å². The van der Waals surface area contributed by atoms with Gasteiger partial charge in [-0.25, -0.2) is 4.39 Å². The number of Topliss-reactive ketones (excluding diaryl/α,β-unsaturated/α-hetero) is 1. The van der Waals surface area contributed by atoms with Crippen LogP contribution in [0.25, 0.3) is 6.08 Å². The summed E-state index contributed by atoms with van der Waals surface area (Å²) in [4.78, 5) is 15.0. The lowest BCUT2D eigenvalue weighted by Gasteiger charge is -2.30. The van der Waals surface area contributed by atoms with Gasteiger partial charge < -0.3 is 14.2 Å². The summed E-state index contributed by atoms with van der Waals surface area (Å²) < 4.78 is 30.9. The Balaban J connectivity index is 1.43. The van der Waals surface area contributed by atoms with Gasteiger partial charge in [0.2, 0.25) is 5.78 Å². The van der Waals surface area contributed by atoms with Crippen LogP contribution in [-0.2, 0) is 13.1 Å². The average Bonchev–Trinajstić information content (AvgIpc) is 3.10. The van der Waals surface area contributed by atoms with Crippen molar-refractivity contribution in [1.29, 1.82) is 0 Å². The Morgan fingerprint density at radius 1 is 1.13 bits per heavy atom. The second-order valence-electron chi connectivity index (χ2n) is 7.49. The first-order valence-electron chi connectivity index (χ1n) is 9.95. The highest BCUT2D eigenvalue weighted by atomic mass is 19.1. The van der Waals surface area contributed by atoms with E-state index < -0.39 is 0 Å². The van der Waals surface area contributed by atoms with Crippen molar-refractivity contribution in [1.82, 2.24) is 4.90 Å². The molecule has 0 spiro atoms. The Morgan fingerprint density at radius 3 is 2.84 bits per heavy atom. The van der Waals surface area contributed by atoms with Gasteiger partial charge in [-0.3, -0.25) is 9.69 Å². The van der Waals surface area contributed by atoms with E-state index in [0.717, 1.165) is 16.9 Å². The molecule has 0 unspecified atom stereocenters. The lowest BCUT2D eigenvalue weighted by atomic mass is 10.0. The molecule has 2 aliphatic heterocycles. The van der Waals surface area contributed by atoms with E-state index in [1.165, 1.54) is 12.1 Å². The van der Waals surface area contributed by atoms with Crippen molar-refractivity contribution in [2.75, 3.05) is 13.8 Å². The third-order valence-corrected chi connectivity index (χ3v) is 5.42. The number of carbonyl (C=O) groups excluding carboxylic acids is 1. The second-order valence-corrected chi connectivity index (χ2v) is 7.49. The largest absolute Gasteiger partial charge is 0.496 e. The number of carbonyl (C=O) groups is 1. The van der Waals surface area contributed by atoms with Crippen LogP contribution in [0, 0.1) is 5.82 Å². The first kappa shape index (κ1) is 19.3. The Labute approximate surface area is 179 Å². The fourth-order valence-corrected chi connectivity index (χ4v) is 3.93. The number of nitrogens with zero attached hydrogens (tertiary/aromatic N) is 1. The van der Waals surface area contributed by atoms with Gasteiger partial charge in [0.15, 0.2) is 5.76 Å². The molecular formula is C25H20FNO4. The molecule has 0 saturated heterocycles. The summed E-state index contributed by atoms with van der Waals surface area (Å²) >= 11 is 0. The number of allylic oxidation sites excluding steroid dienone is 1. The van der Waals surface area contributed by atoms with Crippen molar-refractivity contribution < 1.29 is 23.4 Å². The van der Waals surface area contributed by atoms with Gasteiger partial charge in [0.25, 0.3) is 0 Å². The molecule has 3 aromatic rings. The molecule has 5 rings (SSSR count). The molecule has 2 heterocycles. The standard InChI is InChI=1S/C25H20FNO4/c1-29-21-8-3-2-6-17(21)13-27-14-20-22(30-15-27)10-9-19-24(28)23(31-25(19)20)12-16-5-4-7-18(26)11-16/h2-12H,13-15H2,1H3/b23-12-. The zero-order valence-electron chi connectivity index (χ0n) is 16.9. The van der Waals surface area contributed by atoms with Gasteiger partial charge in [-0.1, -0.05) is 30.3 Å². The van der Waals surface area contributed by atoms with Crippen molar-refractivity contribution in [3.8, 4) is 17.2 Å². The molecular weight excluding hydrogens is 397 g/mol. The van der Waals surface area contributed by atoms with Crippen molar-refractivity contribution in [3.63, 3.8) is 0 Å². The van der Waals surface area contributed by atoms with Crippen molar-refractivity contribution >= 4 is 11.9 Å². The third-order valence-electron chi connectivity index (χ3n) is 5.42. The fourth-order valence-electron chi connectivity index (χ4n) is 3.93. The molecule has 0 amide bonds. The number of rotatable bonds is 4.